The number of nitro groups is 1. The Balaban J connectivity index is 0.00000156. The summed E-state index contributed by atoms with van der Waals surface area (Å²) in [6.07, 6.45) is 0. The van der Waals surface area contributed by atoms with Crippen LogP contribution in [0.5, 0.6) is 0 Å². The van der Waals surface area contributed by atoms with Gasteiger partial charge in [0, 0.05) is 24.5 Å². The summed E-state index contributed by atoms with van der Waals surface area (Å²) in [4.78, 5) is 15.6. The van der Waals surface area contributed by atoms with Gasteiger partial charge in [-0.2, -0.15) is 0 Å². The molecule has 0 saturated heterocycles. The lowest BCUT2D eigenvalue weighted by atomic mass is 10.1. The van der Waals surface area contributed by atoms with Gasteiger partial charge in [-0.25, -0.2) is 4.98 Å². The lowest BCUT2D eigenvalue weighted by molar-refractivity contribution is -0.383. The zero-order chi connectivity index (χ0) is 16.2. The molecule has 0 radical (unpaired) electrons. The number of likely N-dealkylation sites (N-methyl/N-ethyl adjacent to an activating group) is 1. The predicted octanol–water partition coefficient (Wildman–Crippen LogP) is 4.16. The summed E-state index contributed by atoms with van der Waals surface area (Å²) in [5.74, 6) is 0. The van der Waals surface area contributed by atoms with Gasteiger partial charge in [0.05, 0.1) is 21.6 Å². The number of fused-ring (bicyclic) bond motifs is 2. The van der Waals surface area contributed by atoms with Crippen LogP contribution in [0.3, 0.4) is 0 Å². The largest absolute Gasteiger partial charge is 0.382 e. The van der Waals surface area contributed by atoms with Gasteiger partial charge in [-0.1, -0.05) is 31.2 Å². The fourth-order valence-corrected chi connectivity index (χ4v) is 2.71. The van der Waals surface area contributed by atoms with E-state index in [4.69, 9.17) is 0 Å². The number of nitrogens with zero attached hydrogens (tertiary/aromatic N) is 2. The number of para-hydroxylation sites is 1. The molecular formula is C17H20Cl2N4O2. The van der Waals surface area contributed by atoms with Crippen molar-refractivity contribution in [3.63, 3.8) is 0 Å². The van der Waals surface area contributed by atoms with Crippen LogP contribution >= 0.6 is 24.8 Å². The highest BCUT2D eigenvalue weighted by atomic mass is 35.5. The van der Waals surface area contributed by atoms with Gasteiger partial charge in [0.15, 0.2) is 0 Å². The molecular weight excluding hydrogens is 363 g/mol. The highest BCUT2D eigenvalue weighted by Gasteiger charge is 2.18. The summed E-state index contributed by atoms with van der Waals surface area (Å²) in [5, 5.41) is 19.5. The number of nitro benzene ring substituents is 1. The Bertz CT molecular complexity index is 874. The first-order chi connectivity index (χ1) is 11.2. The molecule has 3 rings (SSSR count). The first-order valence-electron chi connectivity index (χ1n) is 7.63. The van der Waals surface area contributed by atoms with Crippen LogP contribution < -0.4 is 10.6 Å². The molecule has 1 heterocycles. The van der Waals surface area contributed by atoms with Crippen molar-refractivity contribution in [2.24, 2.45) is 0 Å². The van der Waals surface area contributed by atoms with E-state index in [1.54, 1.807) is 6.07 Å². The molecule has 3 aromatic rings. The number of halogens is 2. The van der Waals surface area contributed by atoms with Crippen LogP contribution in [0.1, 0.15) is 6.92 Å². The molecule has 0 unspecified atom stereocenters. The summed E-state index contributed by atoms with van der Waals surface area (Å²) in [7, 11) is 0. The predicted molar refractivity (Wildman–Crippen MR) is 107 cm³/mol. The zero-order valence-corrected chi connectivity index (χ0v) is 15.3. The van der Waals surface area contributed by atoms with E-state index in [1.807, 2.05) is 37.3 Å². The van der Waals surface area contributed by atoms with Gasteiger partial charge in [0.2, 0.25) is 0 Å². The van der Waals surface area contributed by atoms with Crippen molar-refractivity contribution in [3.05, 3.63) is 52.6 Å². The average Bonchev–Trinajstić information content (AvgIpc) is 2.57. The fourth-order valence-electron chi connectivity index (χ4n) is 2.71. The molecule has 0 aliphatic carbocycles. The van der Waals surface area contributed by atoms with Crippen molar-refractivity contribution in [3.8, 4) is 0 Å². The number of non-ortho nitro benzene ring substituents is 1. The number of pyridine rings is 1. The third-order valence-corrected chi connectivity index (χ3v) is 3.74. The van der Waals surface area contributed by atoms with E-state index in [9.17, 15) is 10.1 Å². The molecule has 1 aromatic heterocycles. The Morgan fingerprint density at radius 3 is 2.48 bits per heavy atom. The van der Waals surface area contributed by atoms with Crippen molar-refractivity contribution in [2.75, 3.05) is 25.0 Å². The van der Waals surface area contributed by atoms with E-state index < -0.39 is 0 Å². The first kappa shape index (κ1) is 20.9. The van der Waals surface area contributed by atoms with Gasteiger partial charge in [0.25, 0.3) is 5.69 Å². The minimum atomic E-state index is -0.353. The molecule has 0 aliphatic rings. The van der Waals surface area contributed by atoms with Crippen LogP contribution in [0.15, 0.2) is 42.5 Å². The minimum absolute atomic E-state index is 0. The van der Waals surface area contributed by atoms with Crippen LogP contribution in [-0.4, -0.2) is 29.5 Å². The molecule has 0 saturated carbocycles. The molecule has 0 atom stereocenters. The van der Waals surface area contributed by atoms with Crippen LogP contribution in [-0.2, 0) is 0 Å². The molecule has 0 aliphatic heterocycles. The van der Waals surface area contributed by atoms with E-state index >= 15 is 0 Å². The monoisotopic (exact) mass is 382 g/mol. The molecule has 0 bridgehead atoms. The van der Waals surface area contributed by atoms with Crippen molar-refractivity contribution in [1.82, 2.24) is 10.3 Å². The number of anilines is 1. The van der Waals surface area contributed by atoms with Gasteiger partial charge in [0.1, 0.15) is 5.39 Å². The lowest BCUT2D eigenvalue weighted by Gasteiger charge is -2.13. The normalized spacial score (nSPS) is 10.1. The maximum atomic E-state index is 11.4. The number of benzene rings is 2. The van der Waals surface area contributed by atoms with Crippen LogP contribution in [0, 0.1) is 10.1 Å². The van der Waals surface area contributed by atoms with E-state index in [0.717, 1.165) is 29.7 Å². The number of hydrogen-bond acceptors (Lipinski definition) is 5. The lowest BCUT2D eigenvalue weighted by Crippen LogP contribution is -2.21. The van der Waals surface area contributed by atoms with E-state index in [0.29, 0.717) is 17.4 Å². The van der Waals surface area contributed by atoms with Gasteiger partial charge >= 0.3 is 0 Å². The molecule has 25 heavy (non-hydrogen) atoms. The quantitative estimate of drug-likeness (QED) is 0.289. The summed E-state index contributed by atoms with van der Waals surface area (Å²) < 4.78 is 0. The molecule has 0 spiro atoms. The number of hydrogen-bond donors (Lipinski definition) is 2. The second kappa shape index (κ2) is 9.36. The third kappa shape index (κ3) is 4.28. The fraction of sp³-hybridized carbons (Fsp3) is 0.235. The van der Waals surface area contributed by atoms with Crippen LogP contribution in [0.2, 0.25) is 0 Å². The summed E-state index contributed by atoms with van der Waals surface area (Å²) in [6, 6.07) is 12.7. The summed E-state index contributed by atoms with van der Waals surface area (Å²) >= 11 is 0. The maximum Gasteiger partial charge on any atom is 0.280 e. The Kier molecular flexibility index (Phi) is 7.83. The zero-order valence-electron chi connectivity index (χ0n) is 13.7. The smallest absolute Gasteiger partial charge is 0.280 e. The molecule has 8 heteroatoms. The first-order valence-corrected chi connectivity index (χ1v) is 7.63. The topological polar surface area (TPSA) is 80.1 Å². The Hall–Kier alpha value is -2.15. The molecule has 0 fully saturated rings. The van der Waals surface area contributed by atoms with Gasteiger partial charge < -0.3 is 10.6 Å². The van der Waals surface area contributed by atoms with Gasteiger partial charge in [-0.15, -0.1) is 24.8 Å². The molecule has 6 nitrogen and oxygen atoms in total. The highest BCUT2D eigenvalue weighted by molar-refractivity contribution is 6.11. The second-order valence-corrected chi connectivity index (χ2v) is 5.21. The third-order valence-electron chi connectivity index (χ3n) is 3.74. The SMILES string of the molecule is CCNCCNc1c2ccccc2nc2cccc([N+](=O)[O-])c12.Cl.Cl. The molecule has 2 aromatic carbocycles. The summed E-state index contributed by atoms with van der Waals surface area (Å²) in [5.41, 5.74) is 2.30. The van der Waals surface area contributed by atoms with Crippen molar-refractivity contribution >= 4 is 58.0 Å². The Morgan fingerprint density at radius 2 is 1.76 bits per heavy atom. The van der Waals surface area contributed by atoms with E-state index in [2.05, 4.69) is 15.6 Å². The van der Waals surface area contributed by atoms with Crippen LogP contribution in [0.4, 0.5) is 11.4 Å². The van der Waals surface area contributed by atoms with Crippen molar-refractivity contribution in [1.29, 1.82) is 0 Å². The van der Waals surface area contributed by atoms with Crippen molar-refractivity contribution in [2.45, 2.75) is 6.92 Å². The van der Waals surface area contributed by atoms with Crippen LogP contribution in [0.25, 0.3) is 21.8 Å². The minimum Gasteiger partial charge on any atom is -0.382 e. The number of aromatic nitrogens is 1. The highest BCUT2D eigenvalue weighted by Crippen LogP contribution is 2.36. The van der Waals surface area contributed by atoms with Gasteiger partial charge in [-0.3, -0.25) is 10.1 Å². The Labute approximate surface area is 158 Å². The average molecular weight is 383 g/mol. The molecule has 2 N–H and O–H groups in total. The second-order valence-electron chi connectivity index (χ2n) is 5.21. The summed E-state index contributed by atoms with van der Waals surface area (Å²) in [6.45, 7) is 4.40. The molecule has 0 amide bonds. The van der Waals surface area contributed by atoms with E-state index in [1.165, 1.54) is 6.07 Å². The standard InChI is InChI=1S/C17H18N4O2.2ClH/c1-2-18-10-11-19-17-12-6-3-4-7-13(12)20-14-8-5-9-15(16(14)17)21(22)23;;/h3-9,18H,2,10-11H2,1H3,(H,19,20);2*1H. The molecule has 134 valence electrons. The number of rotatable bonds is 6. The van der Waals surface area contributed by atoms with Crippen molar-refractivity contribution < 1.29 is 4.92 Å². The van der Waals surface area contributed by atoms with E-state index in [-0.39, 0.29) is 35.4 Å². The van der Waals surface area contributed by atoms with Gasteiger partial charge in [-0.05, 0) is 18.7 Å². The number of nitrogens with one attached hydrogen (secondary N) is 2. The Morgan fingerprint density at radius 1 is 1.04 bits per heavy atom. The maximum absolute atomic E-state index is 11.4.